The Bertz CT molecular complexity index is 382. The molecule has 16 heavy (non-hydrogen) atoms. The predicted molar refractivity (Wildman–Crippen MR) is 61.3 cm³/mol. The summed E-state index contributed by atoms with van der Waals surface area (Å²) < 4.78 is 10.5. The maximum Gasteiger partial charge on any atom is 0.321 e. The number of aromatic nitrogens is 3. The van der Waals surface area contributed by atoms with E-state index in [0.717, 1.165) is 0 Å². The third-order valence-corrected chi connectivity index (χ3v) is 1.67. The van der Waals surface area contributed by atoms with Crippen LogP contribution in [0, 0.1) is 0 Å². The molecule has 88 valence electrons. The Hall–Kier alpha value is -1.36. The van der Waals surface area contributed by atoms with Crippen molar-refractivity contribution in [3.63, 3.8) is 0 Å². The molecule has 1 heterocycles. The fraction of sp³-hybridized carbons (Fsp3) is 0.500. The summed E-state index contributed by atoms with van der Waals surface area (Å²) in [5.74, 6) is 0.637. The van der Waals surface area contributed by atoms with Gasteiger partial charge in [-0.15, -0.1) is 0 Å². The Balaban J connectivity index is 2.93. The monoisotopic (exact) mass is 243 g/mol. The lowest BCUT2D eigenvalue weighted by atomic mass is 10.5. The Morgan fingerprint density at radius 2 is 2.06 bits per heavy atom. The fourth-order valence-electron chi connectivity index (χ4n) is 0.959. The summed E-state index contributed by atoms with van der Waals surface area (Å²) in [6.07, 6.45) is -0.0355. The van der Waals surface area contributed by atoms with Crippen molar-refractivity contribution in [1.82, 2.24) is 15.0 Å². The lowest BCUT2D eigenvalue weighted by molar-refractivity contribution is 0.220. The van der Waals surface area contributed by atoms with Crippen LogP contribution in [0.4, 0.5) is 0 Å². The third kappa shape index (κ3) is 3.66. The number of hydrogen-bond donors (Lipinski definition) is 0. The van der Waals surface area contributed by atoms with E-state index in [1.165, 1.54) is 0 Å². The summed E-state index contributed by atoms with van der Waals surface area (Å²) in [6.45, 7) is 9.76. The van der Waals surface area contributed by atoms with E-state index in [9.17, 15) is 0 Å². The molecule has 0 aliphatic carbocycles. The first-order chi connectivity index (χ1) is 7.52. The van der Waals surface area contributed by atoms with Crippen LogP contribution in [0.25, 0.3) is 5.76 Å². The molecule has 0 unspecified atom stereocenters. The van der Waals surface area contributed by atoms with Crippen LogP contribution >= 0.6 is 11.6 Å². The molecule has 6 heteroatoms. The van der Waals surface area contributed by atoms with Gasteiger partial charge in [-0.1, -0.05) is 6.58 Å². The zero-order chi connectivity index (χ0) is 12.1. The van der Waals surface area contributed by atoms with Crippen LogP contribution in [-0.4, -0.2) is 27.7 Å². The molecule has 0 aliphatic rings. The molecule has 0 radical (unpaired) electrons. The average molecular weight is 244 g/mol. The molecule has 1 aromatic heterocycles. The second-order valence-electron chi connectivity index (χ2n) is 3.23. The molecule has 0 spiro atoms. The number of hydrogen-bond acceptors (Lipinski definition) is 5. The van der Waals surface area contributed by atoms with Gasteiger partial charge in [0.1, 0.15) is 0 Å². The first kappa shape index (κ1) is 12.7. The third-order valence-electron chi connectivity index (χ3n) is 1.50. The first-order valence-corrected chi connectivity index (χ1v) is 5.31. The molecule has 0 amide bonds. The van der Waals surface area contributed by atoms with Crippen LogP contribution in [0.3, 0.4) is 0 Å². The fourth-order valence-corrected chi connectivity index (χ4v) is 1.11. The van der Waals surface area contributed by atoms with Crippen LogP contribution in [0.2, 0.25) is 5.28 Å². The van der Waals surface area contributed by atoms with Gasteiger partial charge in [0, 0.05) is 0 Å². The molecule has 0 bridgehead atoms. The van der Waals surface area contributed by atoms with Gasteiger partial charge in [-0.2, -0.15) is 15.0 Å². The Labute approximate surface area is 99.5 Å². The largest absolute Gasteiger partial charge is 0.491 e. The normalized spacial score (nSPS) is 10.3. The summed E-state index contributed by atoms with van der Waals surface area (Å²) in [4.78, 5) is 11.8. The smallest absolute Gasteiger partial charge is 0.321 e. The van der Waals surface area contributed by atoms with Gasteiger partial charge in [-0.25, -0.2) is 0 Å². The van der Waals surface area contributed by atoms with Crippen LogP contribution in [0.5, 0.6) is 6.01 Å². The lowest BCUT2D eigenvalue weighted by Gasteiger charge is -2.09. The summed E-state index contributed by atoms with van der Waals surface area (Å²) in [5, 5.41) is 0.0569. The van der Waals surface area contributed by atoms with E-state index in [1.54, 1.807) is 0 Å². The van der Waals surface area contributed by atoms with Gasteiger partial charge in [0.05, 0.1) is 12.7 Å². The number of rotatable bonds is 5. The highest BCUT2D eigenvalue weighted by molar-refractivity contribution is 6.28. The SMILES string of the molecule is C=C(OCC)c1nc(Cl)nc(OC(C)C)n1. The molecular weight excluding hydrogens is 230 g/mol. The molecule has 5 nitrogen and oxygen atoms in total. The van der Waals surface area contributed by atoms with E-state index >= 15 is 0 Å². The van der Waals surface area contributed by atoms with Gasteiger partial charge >= 0.3 is 6.01 Å². The maximum atomic E-state index is 5.74. The van der Waals surface area contributed by atoms with Crippen molar-refractivity contribution >= 4 is 17.4 Å². The highest BCUT2D eigenvalue weighted by Gasteiger charge is 2.10. The zero-order valence-electron chi connectivity index (χ0n) is 9.53. The second-order valence-corrected chi connectivity index (χ2v) is 3.57. The minimum Gasteiger partial charge on any atom is -0.491 e. The van der Waals surface area contributed by atoms with Crippen molar-refractivity contribution in [2.45, 2.75) is 26.9 Å². The minimum absolute atomic E-state index is 0.0355. The molecule has 1 aromatic rings. The van der Waals surface area contributed by atoms with E-state index in [1.807, 2.05) is 20.8 Å². The molecule has 0 aromatic carbocycles. The molecule has 0 N–H and O–H groups in total. The quantitative estimate of drug-likeness (QED) is 0.743. The van der Waals surface area contributed by atoms with Crippen LogP contribution in [0.1, 0.15) is 26.6 Å². The van der Waals surface area contributed by atoms with Gasteiger partial charge in [-0.05, 0) is 32.4 Å². The zero-order valence-corrected chi connectivity index (χ0v) is 10.3. The van der Waals surface area contributed by atoms with Crippen molar-refractivity contribution in [2.75, 3.05) is 6.61 Å². The Kier molecular flexibility index (Phi) is 4.49. The highest BCUT2D eigenvalue weighted by atomic mass is 35.5. The van der Waals surface area contributed by atoms with Gasteiger partial charge in [-0.3, -0.25) is 0 Å². The Morgan fingerprint density at radius 3 is 2.62 bits per heavy atom. The Morgan fingerprint density at radius 1 is 1.38 bits per heavy atom. The van der Waals surface area contributed by atoms with Crippen molar-refractivity contribution in [2.24, 2.45) is 0 Å². The summed E-state index contributed by atoms with van der Waals surface area (Å²) in [5.41, 5.74) is 0. The summed E-state index contributed by atoms with van der Waals surface area (Å²) in [7, 11) is 0. The van der Waals surface area contributed by atoms with Crippen molar-refractivity contribution in [3.8, 4) is 6.01 Å². The molecular formula is C10H14ClN3O2. The maximum absolute atomic E-state index is 5.74. The highest BCUT2D eigenvalue weighted by Crippen LogP contribution is 2.15. The van der Waals surface area contributed by atoms with Crippen molar-refractivity contribution in [1.29, 1.82) is 0 Å². The predicted octanol–water partition coefficient (Wildman–Crippen LogP) is 2.32. The number of nitrogens with zero attached hydrogens (tertiary/aromatic N) is 3. The van der Waals surface area contributed by atoms with E-state index in [2.05, 4.69) is 21.5 Å². The first-order valence-electron chi connectivity index (χ1n) is 4.93. The van der Waals surface area contributed by atoms with E-state index in [-0.39, 0.29) is 23.2 Å². The lowest BCUT2D eigenvalue weighted by Crippen LogP contribution is -2.10. The molecule has 0 saturated heterocycles. The second kappa shape index (κ2) is 5.65. The molecule has 0 fully saturated rings. The number of ether oxygens (including phenoxy) is 2. The summed E-state index contributed by atoms with van der Waals surface area (Å²) >= 11 is 5.74. The van der Waals surface area contributed by atoms with Crippen molar-refractivity contribution < 1.29 is 9.47 Å². The standard InChI is InChI=1S/C10H14ClN3O2/c1-5-15-7(4)8-12-9(11)14-10(13-8)16-6(2)3/h6H,4-5H2,1-3H3. The topological polar surface area (TPSA) is 57.1 Å². The molecule has 0 saturated carbocycles. The molecule has 0 aliphatic heterocycles. The van der Waals surface area contributed by atoms with E-state index < -0.39 is 0 Å². The van der Waals surface area contributed by atoms with Crippen LogP contribution in [0.15, 0.2) is 6.58 Å². The van der Waals surface area contributed by atoms with Crippen LogP contribution < -0.4 is 4.74 Å². The van der Waals surface area contributed by atoms with E-state index in [0.29, 0.717) is 12.4 Å². The van der Waals surface area contributed by atoms with Gasteiger partial charge < -0.3 is 9.47 Å². The van der Waals surface area contributed by atoms with E-state index in [4.69, 9.17) is 21.1 Å². The molecule has 1 rings (SSSR count). The van der Waals surface area contributed by atoms with Gasteiger partial charge in [0.2, 0.25) is 11.1 Å². The van der Waals surface area contributed by atoms with Gasteiger partial charge in [0.25, 0.3) is 0 Å². The van der Waals surface area contributed by atoms with Gasteiger partial charge in [0.15, 0.2) is 5.76 Å². The number of halogens is 1. The minimum atomic E-state index is -0.0355. The van der Waals surface area contributed by atoms with Crippen molar-refractivity contribution in [3.05, 3.63) is 17.7 Å². The average Bonchev–Trinajstić information content (AvgIpc) is 2.15. The summed E-state index contributed by atoms with van der Waals surface area (Å²) in [6, 6.07) is 0.172. The van der Waals surface area contributed by atoms with Crippen LogP contribution in [-0.2, 0) is 4.74 Å². The molecule has 0 atom stereocenters.